The summed E-state index contributed by atoms with van der Waals surface area (Å²) in [6.45, 7) is 3.38. The average molecular weight is 259 g/mol. The standard InChI is InChI=1S/C11H15ClN2O3/c1-2-15-4-6-5-16-11-9(14)7(12)3-8(13)10(11)17-6/h3,6H,2,4-5,13-14H2,1H3. The molecule has 4 N–H and O–H groups in total. The van der Waals surface area contributed by atoms with E-state index in [1.165, 1.54) is 0 Å². The number of hydrogen-bond acceptors (Lipinski definition) is 5. The molecule has 1 heterocycles. The summed E-state index contributed by atoms with van der Waals surface area (Å²) in [4.78, 5) is 0. The maximum Gasteiger partial charge on any atom is 0.188 e. The van der Waals surface area contributed by atoms with Crippen molar-refractivity contribution >= 4 is 23.0 Å². The molecule has 0 amide bonds. The number of hydrogen-bond donors (Lipinski definition) is 2. The van der Waals surface area contributed by atoms with E-state index in [9.17, 15) is 0 Å². The highest BCUT2D eigenvalue weighted by Gasteiger charge is 2.26. The van der Waals surface area contributed by atoms with Crippen LogP contribution in [0.15, 0.2) is 6.07 Å². The van der Waals surface area contributed by atoms with Crippen LogP contribution in [-0.4, -0.2) is 25.9 Å². The summed E-state index contributed by atoms with van der Waals surface area (Å²) >= 11 is 5.91. The molecule has 0 bridgehead atoms. The molecule has 0 fully saturated rings. The van der Waals surface area contributed by atoms with Crippen molar-refractivity contribution in [2.75, 3.05) is 31.3 Å². The monoisotopic (exact) mass is 258 g/mol. The van der Waals surface area contributed by atoms with Gasteiger partial charge in [-0.2, -0.15) is 0 Å². The zero-order valence-corrected chi connectivity index (χ0v) is 10.3. The van der Waals surface area contributed by atoms with Crippen LogP contribution in [0.5, 0.6) is 11.5 Å². The van der Waals surface area contributed by atoms with Gasteiger partial charge in [-0.25, -0.2) is 0 Å². The first kappa shape index (κ1) is 12.1. The van der Waals surface area contributed by atoms with Crippen molar-refractivity contribution in [2.45, 2.75) is 13.0 Å². The molecular weight excluding hydrogens is 244 g/mol. The first-order chi connectivity index (χ1) is 8.13. The number of benzene rings is 1. The van der Waals surface area contributed by atoms with Gasteiger partial charge < -0.3 is 25.7 Å². The zero-order chi connectivity index (χ0) is 12.4. The molecule has 1 aliphatic rings. The van der Waals surface area contributed by atoms with Crippen LogP contribution >= 0.6 is 11.6 Å². The molecule has 0 saturated heterocycles. The van der Waals surface area contributed by atoms with E-state index in [0.29, 0.717) is 47.7 Å². The van der Waals surface area contributed by atoms with Crippen molar-refractivity contribution in [1.29, 1.82) is 0 Å². The SMILES string of the molecule is CCOCC1COc2c(N)c(Cl)cc(N)c2O1. The lowest BCUT2D eigenvalue weighted by Crippen LogP contribution is -2.34. The fourth-order valence-electron chi connectivity index (χ4n) is 1.61. The van der Waals surface area contributed by atoms with Crippen molar-refractivity contribution in [2.24, 2.45) is 0 Å². The molecule has 1 unspecified atom stereocenters. The summed E-state index contributed by atoms with van der Waals surface area (Å²) in [7, 11) is 0. The van der Waals surface area contributed by atoms with E-state index < -0.39 is 0 Å². The van der Waals surface area contributed by atoms with Gasteiger partial charge in [0.15, 0.2) is 17.6 Å². The van der Waals surface area contributed by atoms with Crippen LogP contribution < -0.4 is 20.9 Å². The molecule has 1 atom stereocenters. The van der Waals surface area contributed by atoms with Crippen molar-refractivity contribution in [3.63, 3.8) is 0 Å². The van der Waals surface area contributed by atoms with E-state index >= 15 is 0 Å². The van der Waals surface area contributed by atoms with Crippen molar-refractivity contribution in [1.82, 2.24) is 0 Å². The highest BCUT2D eigenvalue weighted by Crippen LogP contribution is 2.45. The predicted octanol–water partition coefficient (Wildman–Crippen LogP) is 1.68. The summed E-state index contributed by atoms with van der Waals surface area (Å²) in [5, 5.41) is 0.369. The number of rotatable bonds is 3. The Bertz CT molecular complexity index is 426. The Hall–Kier alpha value is -1.33. The van der Waals surface area contributed by atoms with E-state index in [0.717, 1.165) is 0 Å². The van der Waals surface area contributed by atoms with Crippen LogP contribution in [0.3, 0.4) is 0 Å². The van der Waals surface area contributed by atoms with Crippen LogP contribution in [0.4, 0.5) is 11.4 Å². The quantitative estimate of drug-likeness (QED) is 0.807. The van der Waals surface area contributed by atoms with Gasteiger partial charge in [-0.1, -0.05) is 11.6 Å². The number of nitrogen functional groups attached to an aromatic ring is 2. The Morgan fingerprint density at radius 1 is 1.47 bits per heavy atom. The van der Waals surface area contributed by atoms with Gasteiger partial charge in [0.2, 0.25) is 0 Å². The van der Waals surface area contributed by atoms with E-state index in [1.807, 2.05) is 6.92 Å². The third-order valence-corrected chi connectivity index (χ3v) is 2.77. The molecule has 1 aromatic carbocycles. The molecule has 0 spiro atoms. The summed E-state index contributed by atoms with van der Waals surface area (Å²) in [5.74, 6) is 0.866. The minimum Gasteiger partial charge on any atom is -0.483 e. The lowest BCUT2D eigenvalue weighted by atomic mass is 10.2. The second kappa shape index (κ2) is 4.89. The van der Waals surface area contributed by atoms with E-state index in [1.54, 1.807) is 6.07 Å². The van der Waals surface area contributed by atoms with Gasteiger partial charge in [-0.15, -0.1) is 0 Å². The first-order valence-electron chi connectivity index (χ1n) is 5.38. The van der Waals surface area contributed by atoms with Crippen LogP contribution in [-0.2, 0) is 4.74 Å². The van der Waals surface area contributed by atoms with Gasteiger partial charge in [0.05, 0.1) is 23.0 Å². The third kappa shape index (κ3) is 2.35. The summed E-state index contributed by atoms with van der Waals surface area (Å²) in [6.07, 6.45) is -0.176. The van der Waals surface area contributed by atoms with E-state index in [4.69, 9.17) is 37.3 Å². The molecule has 1 aromatic rings. The second-order valence-corrected chi connectivity index (χ2v) is 4.14. The van der Waals surface area contributed by atoms with Crippen LogP contribution in [0.25, 0.3) is 0 Å². The summed E-state index contributed by atoms with van der Waals surface area (Å²) in [6, 6.07) is 1.56. The molecule has 94 valence electrons. The molecule has 0 aromatic heterocycles. The van der Waals surface area contributed by atoms with Gasteiger partial charge in [0.1, 0.15) is 6.61 Å². The highest BCUT2D eigenvalue weighted by molar-refractivity contribution is 6.34. The van der Waals surface area contributed by atoms with Crippen LogP contribution in [0, 0.1) is 0 Å². The molecule has 2 rings (SSSR count). The maximum atomic E-state index is 5.91. The first-order valence-corrected chi connectivity index (χ1v) is 5.76. The van der Waals surface area contributed by atoms with Crippen LogP contribution in [0.2, 0.25) is 5.02 Å². The minimum atomic E-state index is -0.176. The normalized spacial score (nSPS) is 18.1. The molecule has 1 aliphatic heterocycles. The zero-order valence-electron chi connectivity index (χ0n) is 9.53. The molecule has 6 heteroatoms. The number of anilines is 2. The molecule has 0 radical (unpaired) electrons. The second-order valence-electron chi connectivity index (χ2n) is 3.73. The van der Waals surface area contributed by atoms with Crippen molar-refractivity contribution in [3.8, 4) is 11.5 Å². The largest absolute Gasteiger partial charge is 0.483 e. The fraction of sp³-hybridized carbons (Fsp3) is 0.455. The predicted molar refractivity (Wildman–Crippen MR) is 66.7 cm³/mol. The maximum absolute atomic E-state index is 5.91. The smallest absolute Gasteiger partial charge is 0.188 e. The minimum absolute atomic E-state index is 0.176. The molecule has 5 nitrogen and oxygen atoms in total. The molecular formula is C11H15ClN2O3. The molecule has 0 saturated carbocycles. The van der Waals surface area contributed by atoms with Gasteiger partial charge in [0, 0.05) is 6.61 Å². The Morgan fingerprint density at radius 2 is 2.24 bits per heavy atom. The highest BCUT2D eigenvalue weighted by atomic mass is 35.5. The van der Waals surface area contributed by atoms with Crippen molar-refractivity contribution in [3.05, 3.63) is 11.1 Å². The Morgan fingerprint density at radius 3 is 2.94 bits per heavy atom. The fourth-order valence-corrected chi connectivity index (χ4v) is 1.82. The number of fused-ring (bicyclic) bond motifs is 1. The number of halogens is 1. The van der Waals surface area contributed by atoms with Crippen molar-refractivity contribution < 1.29 is 14.2 Å². The Balaban J connectivity index is 2.23. The topological polar surface area (TPSA) is 79.7 Å². The van der Waals surface area contributed by atoms with Gasteiger partial charge in [0.25, 0.3) is 0 Å². The van der Waals surface area contributed by atoms with E-state index in [-0.39, 0.29) is 6.10 Å². The van der Waals surface area contributed by atoms with Crippen LogP contribution in [0.1, 0.15) is 6.92 Å². The van der Waals surface area contributed by atoms with Gasteiger partial charge in [-0.05, 0) is 13.0 Å². The third-order valence-electron chi connectivity index (χ3n) is 2.46. The summed E-state index contributed by atoms with van der Waals surface area (Å²) < 4.78 is 16.5. The van der Waals surface area contributed by atoms with E-state index in [2.05, 4.69) is 0 Å². The average Bonchev–Trinajstić information content (AvgIpc) is 2.33. The summed E-state index contributed by atoms with van der Waals surface area (Å²) in [5.41, 5.74) is 12.4. The number of ether oxygens (including phenoxy) is 3. The molecule has 17 heavy (non-hydrogen) atoms. The molecule has 0 aliphatic carbocycles. The lowest BCUT2D eigenvalue weighted by molar-refractivity contribution is 0.0137. The van der Waals surface area contributed by atoms with Gasteiger partial charge >= 0.3 is 0 Å². The van der Waals surface area contributed by atoms with Gasteiger partial charge in [-0.3, -0.25) is 0 Å². The number of nitrogens with two attached hydrogens (primary N) is 2. The Kier molecular flexibility index (Phi) is 3.49. The lowest BCUT2D eigenvalue weighted by Gasteiger charge is -2.28. The Labute approximate surface area is 105 Å².